The predicted octanol–water partition coefficient (Wildman–Crippen LogP) is 2.64. The molecule has 0 radical (unpaired) electrons. The van der Waals surface area contributed by atoms with Crippen LogP contribution in [0.15, 0.2) is 41.3 Å². The number of ether oxygens (including phenoxy) is 5. The number of rotatable bonds is 14. The number of hydrogen-bond donors (Lipinski definition) is 1. The Balaban J connectivity index is 2.49. The van der Waals surface area contributed by atoms with Gasteiger partial charge in [-0.2, -0.15) is 0 Å². The van der Waals surface area contributed by atoms with E-state index in [1.165, 1.54) is 57.6 Å². The van der Waals surface area contributed by atoms with Gasteiger partial charge in [0.15, 0.2) is 11.5 Å². The van der Waals surface area contributed by atoms with Gasteiger partial charge < -0.3 is 28.6 Å². The third-order valence-electron chi connectivity index (χ3n) is 4.86. The Hall–Kier alpha value is -3.02. The van der Waals surface area contributed by atoms with Crippen LogP contribution in [0, 0.1) is 0 Å². The Kier molecular flexibility index (Phi) is 10.4. The highest BCUT2D eigenvalue weighted by molar-refractivity contribution is 7.92. The second kappa shape index (κ2) is 13.0. The van der Waals surface area contributed by atoms with Crippen molar-refractivity contribution in [3.63, 3.8) is 0 Å². The van der Waals surface area contributed by atoms with E-state index >= 15 is 0 Å². The minimum atomic E-state index is -4.03. The first-order valence-electron chi connectivity index (χ1n) is 10.6. The van der Waals surface area contributed by atoms with Crippen LogP contribution in [-0.2, 0) is 19.5 Å². The van der Waals surface area contributed by atoms with Crippen LogP contribution in [0.3, 0.4) is 0 Å². The van der Waals surface area contributed by atoms with Crippen molar-refractivity contribution in [1.82, 2.24) is 4.90 Å². The van der Waals surface area contributed by atoms with E-state index < -0.39 is 15.9 Å². The van der Waals surface area contributed by atoms with Crippen LogP contribution in [0.1, 0.15) is 17.3 Å². The smallest absolute Gasteiger partial charge is 0.261 e. The van der Waals surface area contributed by atoms with Crippen molar-refractivity contribution in [2.45, 2.75) is 11.8 Å². The van der Waals surface area contributed by atoms with Gasteiger partial charge in [0.2, 0.25) is 0 Å². The molecule has 0 unspecified atom stereocenters. The van der Waals surface area contributed by atoms with Crippen LogP contribution in [0.25, 0.3) is 0 Å². The van der Waals surface area contributed by atoms with Crippen molar-refractivity contribution in [2.75, 3.05) is 66.1 Å². The highest BCUT2D eigenvalue weighted by Gasteiger charge is 2.25. The van der Waals surface area contributed by atoms with Crippen molar-refractivity contribution in [3.05, 3.63) is 42.0 Å². The molecule has 2 rings (SSSR count). The number of nitrogens with one attached hydrogen (secondary N) is 1. The molecular weight excluding hydrogens is 464 g/mol. The third kappa shape index (κ3) is 6.99. The van der Waals surface area contributed by atoms with Gasteiger partial charge in [0.05, 0.1) is 50.2 Å². The quantitative estimate of drug-likeness (QED) is 0.425. The molecule has 1 N–H and O–H groups in total. The lowest BCUT2D eigenvalue weighted by molar-refractivity contribution is 0.0628. The molecule has 0 bridgehead atoms. The third-order valence-corrected chi connectivity index (χ3v) is 6.24. The molecule has 10 nitrogen and oxygen atoms in total. The van der Waals surface area contributed by atoms with Crippen molar-refractivity contribution in [1.29, 1.82) is 0 Å². The number of nitrogens with zero attached hydrogens (tertiary/aromatic N) is 1. The van der Waals surface area contributed by atoms with Gasteiger partial charge in [-0.05, 0) is 37.3 Å². The molecule has 0 aliphatic heterocycles. The summed E-state index contributed by atoms with van der Waals surface area (Å²) in [5.74, 6) is 0.687. The standard InChI is InChI=1S/C23H32N2O8S/c1-6-33-17-7-9-18(10-8-17)34(27,28)24-20-16-22(32-5)21(31-4)15-19(20)23(26)25(11-13-29-2)12-14-30-3/h7-10,15-16,24H,6,11-14H2,1-5H3. The molecule has 2 aromatic carbocycles. The summed E-state index contributed by atoms with van der Waals surface area (Å²) in [6, 6.07) is 8.86. The summed E-state index contributed by atoms with van der Waals surface area (Å²) in [6.45, 7) is 3.48. The maximum absolute atomic E-state index is 13.5. The average molecular weight is 497 g/mol. The summed E-state index contributed by atoms with van der Waals surface area (Å²) in [5, 5.41) is 0. The minimum Gasteiger partial charge on any atom is -0.494 e. The lowest BCUT2D eigenvalue weighted by atomic mass is 10.1. The summed E-state index contributed by atoms with van der Waals surface area (Å²) in [7, 11) is 1.90. The van der Waals surface area contributed by atoms with Gasteiger partial charge in [-0.3, -0.25) is 9.52 Å². The van der Waals surface area contributed by atoms with Crippen molar-refractivity contribution < 1.29 is 36.9 Å². The van der Waals surface area contributed by atoms with Crippen molar-refractivity contribution in [2.24, 2.45) is 0 Å². The normalized spacial score (nSPS) is 11.1. The van der Waals surface area contributed by atoms with Crippen molar-refractivity contribution in [3.8, 4) is 17.2 Å². The van der Waals surface area contributed by atoms with Gasteiger partial charge >= 0.3 is 0 Å². The zero-order valence-electron chi connectivity index (χ0n) is 20.1. The lowest BCUT2D eigenvalue weighted by Crippen LogP contribution is -2.37. The SMILES string of the molecule is CCOc1ccc(S(=O)(=O)Nc2cc(OC)c(OC)cc2C(=O)N(CCOC)CCOC)cc1. The topological polar surface area (TPSA) is 113 Å². The Morgan fingerprint density at radius 3 is 1.97 bits per heavy atom. The first-order valence-corrected chi connectivity index (χ1v) is 12.1. The molecule has 0 saturated carbocycles. The zero-order chi connectivity index (χ0) is 25.1. The fourth-order valence-corrected chi connectivity index (χ4v) is 4.18. The Bertz CT molecular complexity index is 1030. The van der Waals surface area contributed by atoms with Gasteiger partial charge in [-0.25, -0.2) is 8.42 Å². The van der Waals surface area contributed by atoms with Gasteiger partial charge in [0.1, 0.15) is 5.75 Å². The monoisotopic (exact) mass is 496 g/mol. The van der Waals surface area contributed by atoms with Crippen LogP contribution in [-0.4, -0.2) is 80.6 Å². The first-order chi connectivity index (χ1) is 16.3. The highest BCUT2D eigenvalue weighted by atomic mass is 32.2. The van der Waals surface area contributed by atoms with Gasteiger partial charge in [-0.1, -0.05) is 0 Å². The largest absolute Gasteiger partial charge is 0.494 e. The van der Waals surface area contributed by atoms with E-state index in [0.717, 1.165) is 0 Å². The molecule has 0 atom stereocenters. The average Bonchev–Trinajstić information content (AvgIpc) is 2.83. The van der Waals surface area contributed by atoms with Crippen LogP contribution in [0.5, 0.6) is 17.2 Å². The summed E-state index contributed by atoms with van der Waals surface area (Å²) in [4.78, 5) is 15.0. The Labute approximate surface area is 200 Å². The number of hydrogen-bond acceptors (Lipinski definition) is 8. The molecule has 0 saturated heterocycles. The molecule has 2 aromatic rings. The van der Waals surface area contributed by atoms with E-state index in [0.29, 0.717) is 25.6 Å². The van der Waals surface area contributed by atoms with Crippen LogP contribution in [0.4, 0.5) is 5.69 Å². The highest BCUT2D eigenvalue weighted by Crippen LogP contribution is 2.35. The first kappa shape index (κ1) is 27.2. The number of sulfonamides is 1. The molecule has 0 aromatic heterocycles. The molecule has 34 heavy (non-hydrogen) atoms. The van der Waals surface area contributed by atoms with Crippen LogP contribution >= 0.6 is 0 Å². The second-order valence-corrected chi connectivity index (χ2v) is 8.72. The molecular formula is C23H32N2O8S. The number of benzene rings is 2. The van der Waals surface area contributed by atoms with Gasteiger partial charge in [0, 0.05) is 33.4 Å². The predicted molar refractivity (Wildman–Crippen MR) is 128 cm³/mol. The molecule has 1 amide bonds. The summed E-state index contributed by atoms with van der Waals surface area (Å²) < 4.78 is 55.0. The molecule has 0 aliphatic rings. The van der Waals surface area contributed by atoms with E-state index in [9.17, 15) is 13.2 Å². The molecule has 11 heteroatoms. The Morgan fingerprint density at radius 2 is 1.47 bits per heavy atom. The van der Waals surface area contributed by atoms with E-state index in [-0.39, 0.29) is 40.7 Å². The number of amides is 1. The molecule has 188 valence electrons. The molecule has 0 spiro atoms. The van der Waals surface area contributed by atoms with E-state index in [4.69, 9.17) is 23.7 Å². The number of anilines is 1. The fraction of sp³-hybridized carbons (Fsp3) is 0.435. The van der Waals surface area contributed by atoms with E-state index in [1.54, 1.807) is 12.1 Å². The number of methoxy groups -OCH3 is 4. The fourth-order valence-electron chi connectivity index (χ4n) is 3.11. The summed E-state index contributed by atoms with van der Waals surface area (Å²) in [5.41, 5.74) is 0.149. The maximum atomic E-state index is 13.5. The number of carbonyl (C=O) groups is 1. The van der Waals surface area contributed by atoms with E-state index in [1.807, 2.05) is 6.92 Å². The summed E-state index contributed by atoms with van der Waals surface area (Å²) in [6.07, 6.45) is 0. The van der Waals surface area contributed by atoms with Gasteiger partial charge in [-0.15, -0.1) is 0 Å². The molecule has 0 aliphatic carbocycles. The van der Waals surface area contributed by atoms with Crippen molar-refractivity contribution >= 4 is 21.6 Å². The molecule has 0 fully saturated rings. The zero-order valence-corrected chi connectivity index (χ0v) is 20.9. The Morgan fingerprint density at radius 1 is 0.912 bits per heavy atom. The molecule has 0 heterocycles. The lowest BCUT2D eigenvalue weighted by Gasteiger charge is -2.24. The van der Waals surface area contributed by atoms with E-state index in [2.05, 4.69) is 4.72 Å². The minimum absolute atomic E-state index is 0.0137. The number of carbonyl (C=O) groups excluding carboxylic acids is 1. The van der Waals surface area contributed by atoms with Crippen LogP contribution < -0.4 is 18.9 Å². The summed E-state index contributed by atoms with van der Waals surface area (Å²) >= 11 is 0. The van der Waals surface area contributed by atoms with Gasteiger partial charge in [0.25, 0.3) is 15.9 Å². The second-order valence-electron chi connectivity index (χ2n) is 7.04. The van der Waals surface area contributed by atoms with Crippen LogP contribution in [0.2, 0.25) is 0 Å². The maximum Gasteiger partial charge on any atom is 0.261 e.